The molecule has 0 radical (unpaired) electrons. The van der Waals surface area contributed by atoms with Crippen molar-refractivity contribution >= 4 is 0 Å². The Labute approximate surface area is 86.3 Å². The molecule has 2 heteroatoms. The van der Waals surface area contributed by atoms with Gasteiger partial charge in [-0.2, -0.15) is 0 Å². The number of rotatable bonds is 2. The number of nitrogens with zero attached hydrogens (tertiary/aromatic N) is 2. The molecule has 0 spiro atoms. The van der Waals surface area contributed by atoms with Crippen LogP contribution in [0.5, 0.6) is 0 Å². The van der Waals surface area contributed by atoms with Gasteiger partial charge in [-0.3, -0.25) is 0 Å². The van der Waals surface area contributed by atoms with Gasteiger partial charge in [0.2, 0.25) is 0 Å². The first-order chi connectivity index (χ1) is 6.63. The van der Waals surface area contributed by atoms with Crippen LogP contribution in [-0.2, 0) is 18.4 Å². The third-order valence-electron chi connectivity index (χ3n) is 3.49. The number of imidazole rings is 1. The molecule has 14 heavy (non-hydrogen) atoms. The molecule has 1 aliphatic rings. The Kier molecular flexibility index (Phi) is 2.38. The van der Waals surface area contributed by atoms with Gasteiger partial charge < -0.3 is 4.57 Å². The van der Waals surface area contributed by atoms with E-state index in [0.717, 1.165) is 6.42 Å². The largest absolute Gasteiger partial charge is 0.335 e. The third-order valence-corrected chi connectivity index (χ3v) is 3.49. The average molecular weight is 192 g/mol. The summed E-state index contributed by atoms with van der Waals surface area (Å²) < 4.78 is 2.34. The van der Waals surface area contributed by atoms with Gasteiger partial charge in [0.15, 0.2) is 0 Å². The molecule has 0 saturated heterocycles. The van der Waals surface area contributed by atoms with Gasteiger partial charge in [0.25, 0.3) is 0 Å². The Morgan fingerprint density at radius 3 is 2.86 bits per heavy atom. The van der Waals surface area contributed by atoms with Gasteiger partial charge in [-0.25, -0.2) is 4.98 Å². The molecule has 0 aliphatic carbocycles. The summed E-state index contributed by atoms with van der Waals surface area (Å²) in [5.41, 5.74) is 1.52. The van der Waals surface area contributed by atoms with Crippen LogP contribution in [0, 0.1) is 0 Å². The molecule has 0 fully saturated rings. The number of aryl methyl sites for hydroxylation is 2. The van der Waals surface area contributed by atoms with E-state index in [1.54, 1.807) is 0 Å². The van der Waals surface area contributed by atoms with Crippen molar-refractivity contribution in [2.24, 2.45) is 0 Å². The minimum absolute atomic E-state index is 0.240. The van der Waals surface area contributed by atoms with E-state index in [2.05, 4.69) is 31.5 Å². The van der Waals surface area contributed by atoms with Crippen LogP contribution in [0.4, 0.5) is 0 Å². The highest BCUT2D eigenvalue weighted by Crippen LogP contribution is 2.27. The number of aromatic nitrogens is 2. The van der Waals surface area contributed by atoms with Crippen molar-refractivity contribution in [2.45, 2.75) is 58.4 Å². The van der Waals surface area contributed by atoms with Gasteiger partial charge in [0.05, 0.1) is 5.69 Å². The maximum Gasteiger partial charge on any atom is 0.108 e. The van der Waals surface area contributed by atoms with Crippen LogP contribution >= 0.6 is 0 Å². The summed E-state index contributed by atoms with van der Waals surface area (Å²) in [5, 5.41) is 0. The molecule has 0 aromatic carbocycles. The zero-order valence-electron chi connectivity index (χ0n) is 9.51. The van der Waals surface area contributed by atoms with E-state index < -0.39 is 0 Å². The second-order valence-electron chi connectivity index (χ2n) is 4.93. The normalized spacial score (nSPS) is 16.8. The summed E-state index contributed by atoms with van der Waals surface area (Å²) in [4.78, 5) is 4.76. The molecule has 1 aromatic rings. The molecule has 2 rings (SSSR count). The summed E-state index contributed by atoms with van der Waals surface area (Å²) >= 11 is 0. The van der Waals surface area contributed by atoms with Crippen molar-refractivity contribution in [3.63, 3.8) is 0 Å². The van der Waals surface area contributed by atoms with Gasteiger partial charge in [-0.05, 0) is 19.3 Å². The molecule has 0 saturated carbocycles. The van der Waals surface area contributed by atoms with Crippen molar-refractivity contribution in [1.29, 1.82) is 0 Å². The van der Waals surface area contributed by atoms with Crippen molar-refractivity contribution < 1.29 is 0 Å². The lowest BCUT2D eigenvalue weighted by Gasteiger charge is -2.19. The lowest BCUT2D eigenvalue weighted by atomic mass is 9.87. The zero-order valence-corrected chi connectivity index (χ0v) is 9.51. The molecular formula is C12H20N2. The Balaban J connectivity index is 2.32. The van der Waals surface area contributed by atoms with Crippen LogP contribution in [0.15, 0.2) is 6.20 Å². The smallest absolute Gasteiger partial charge is 0.108 e. The van der Waals surface area contributed by atoms with E-state index in [9.17, 15) is 0 Å². The molecule has 0 amide bonds. The Morgan fingerprint density at radius 2 is 2.21 bits per heavy atom. The van der Waals surface area contributed by atoms with Crippen molar-refractivity contribution in [3.05, 3.63) is 17.7 Å². The van der Waals surface area contributed by atoms with E-state index in [0.29, 0.717) is 0 Å². The maximum absolute atomic E-state index is 4.76. The summed E-state index contributed by atoms with van der Waals surface area (Å²) in [5.74, 6) is 1.30. The molecule has 78 valence electrons. The van der Waals surface area contributed by atoms with Gasteiger partial charge in [-0.15, -0.1) is 0 Å². The summed E-state index contributed by atoms with van der Waals surface area (Å²) in [6.45, 7) is 7.96. The van der Waals surface area contributed by atoms with Crippen molar-refractivity contribution in [3.8, 4) is 0 Å². The quantitative estimate of drug-likeness (QED) is 0.704. The lowest BCUT2D eigenvalue weighted by Crippen LogP contribution is -2.15. The lowest BCUT2D eigenvalue weighted by molar-refractivity contribution is 0.491. The SMILES string of the molecule is CCC(C)(C)c1cn2c(n1)CCCC2. The standard InChI is InChI=1S/C12H20N2/c1-4-12(2,3)10-9-14-8-6-5-7-11(14)13-10/h9H,4-8H2,1-3H3. The van der Waals surface area contributed by atoms with Gasteiger partial charge in [0, 0.05) is 24.6 Å². The summed E-state index contributed by atoms with van der Waals surface area (Å²) in [6, 6.07) is 0. The van der Waals surface area contributed by atoms with Crippen LogP contribution in [-0.4, -0.2) is 9.55 Å². The molecule has 1 aromatic heterocycles. The molecule has 1 aliphatic heterocycles. The summed E-state index contributed by atoms with van der Waals surface area (Å²) in [7, 11) is 0. The van der Waals surface area contributed by atoms with E-state index in [-0.39, 0.29) is 5.41 Å². The highest BCUT2D eigenvalue weighted by Gasteiger charge is 2.23. The van der Waals surface area contributed by atoms with E-state index in [1.165, 1.54) is 37.3 Å². The topological polar surface area (TPSA) is 17.8 Å². The number of fused-ring (bicyclic) bond motifs is 1. The van der Waals surface area contributed by atoms with Gasteiger partial charge in [0.1, 0.15) is 5.82 Å². The molecule has 2 heterocycles. The fourth-order valence-electron chi connectivity index (χ4n) is 1.92. The highest BCUT2D eigenvalue weighted by molar-refractivity contribution is 5.15. The molecule has 0 unspecified atom stereocenters. The Morgan fingerprint density at radius 1 is 1.43 bits per heavy atom. The van der Waals surface area contributed by atoms with Crippen LogP contribution < -0.4 is 0 Å². The molecule has 2 nitrogen and oxygen atoms in total. The fraction of sp³-hybridized carbons (Fsp3) is 0.750. The predicted molar refractivity (Wildman–Crippen MR) is 58.5 cm³/mol. The molecule has 0 bridgehead atoms. The zero-order chi connectivity index (χ0) is 10.2. The monoisotopic (exact) mass is 192 g/mol. The van der Waals surface area contributed by atoms with Crippen LogP contribution in [0.25, 0.3) is 0 Å². The highest BCUT2D eigenvalue weighted by atomic mass is 15.1. The van der Waals surface area contributed by atoms with Gasteiger partial charge in [-0.1, -0.05) is 20.8 Å². The van der Waals surface area contributed by atoms with Crippen LogP contribution in [0.2, 0.25) is 0 Å². The summed E-state index contributed by atoms with van der Waals surface area (Å²) in [6.07, 6.45) is 7.21. The Hall–Kier alpha value is -0.790. The minimum atomic E-state index is 0.240. The number of hydrogen-bond acceptors (Lipinski definition) is 1. The van der Waals surface area contributed by atoms with E-state index >= 15 is 0 Å². The van der Waals surface area contributed by atoms with Crippen LogP contribution in [0.3, 0.4) is 0 Å². The second kappa shape index (κ2) is 3.41. The van der Waals surface area contributed by atoms with E-state index in [1.807, 2.05) is 0 Å². The maximum atomic E-state index is 4.76. The first-order valence-corrected chi connectivity index (χ1v) is 5.70. The van der Waals surface area contributed by atoms with E-state index in [4.69, 9.17) is 4.98 Å². The Bertz CT molecular complexity index is 300. The fourth-order valence-corrected chi connectivity index (χ4v) is 1.92. The van der Waals surface area contributed by atoms with Gasteiger partial charge >= 0.3 is 0 Å². The second-order valence-corrected chi connectivity index (χ2v) is 4.93. The predicted octanol–water partition coefficient (Wildman–Crippen LogP) is 2.91. The average Bonchev–Trinajstić information content (AvgIpc) is 2.61. The van der Waals surface area contributed by atoms with Crippen molar-refractivity contribution in [1.82, 2.24) is 9.55 Å². The first kappa shape index (κ1) is 9.75. The van der Waals surface area contributed by atoms with Crippen LogP contribution in [0.1, 0.15) is 51.6 Å². The molecule has 0 atom stereocenters. The number of hydrogen-bond donors (Lipinski definition) is 0. The minimum Gasteiger partial charge on any atom is -0.335 e. The molecule has 0 N–H and O–H groups in total. The van der Waals surface area contributed by atoms with Crippen molar-refractivity contribution in [2.75, 3.05) is 0 Å². The molecular weight excluding hydrogens is 172 g/mol. The first-order valence-electron chi connectivity index (χ1n) is 5.70. The third kappa shape index (κ3) is 1.58.